The van der Waals surface area contributed by atoms with Gasteiger partial charge in [0.2, 0.25) is 0 Å². The zero-order valence-electron chi connectivity index (χ0n) is 19.1. The standard InChI is InChI=1S/C25H28FN7/c1-16(2)25-20-12-17(4-6-22(20)31-32(25)3)19-13-24(29-15-21(19)26)30-23-7-5-18(14-28-23)33-10-8-27-9-11-33/h4-7,12-16,27H,8-11H2,1-3H3,(H,28,29,30). The highest BCUT2D eigenvalue weighted by Gasteiger charge is 2.15. The Morgan fingerprint density at radius 2 is 1.79 bits per heavy atom. The number of rotatable bonds is 5. The SMILES string of the molecule is CC(C)c1c2cc(-c3cc(Nc4ccc(N5CCNCC5)cn4)ncc3F)ccc2nn1C. The predicted molar refractivity (Wildman–Crippen MR) is 131 cm³/mol. The van der Waals surface area contributed by atoms with Gasteiger partial charge in [-0.05, 0) is 41.8 Å². The van der Waals surface area contributed by atoms with Gasteiger partial charge < -0.3 is 15.5 Å². The smallest absolute Gasteiger partial charge is 0.149 e. The third-order valence-corrected chi connectivity index (χ3v) is 6.08. The Morgan fingerprint density at radius 1 is 1.00 bits per heavy atom. The van der Waals surface area contributed by atoms with E-state index in [2.05, 4.69) is 50.5 Å². The maximum atomic E-state index is 14.8. The molecule has 7 nitrogen and oxygen atoms in total. The minimum atomic E-state index is -0.364. The van der Waals surface area contributed by atoms with Gasteiger partial charge in [-0.3, -0.25) is 4.68 Å². The molecule has 1 fully saturated rings. The van der Waals surface area contributed by atoms with Crippen LogP contribution < -0.4 is 15.5 Å². The van der Waals surface area contributed by atoms with Crippen molar-refractivity contribution in [3.63, 3.8) is 0 Å². The average Bonchev–Trinajstić information content (AvgIpc) is 3.16. The molecular weight excluding hydrogens is 417 g/mol. The minimum absolute atomic E-state index is 0.310. The van der Waals surface area contributed by atoms with Crippen LogP contribution >= 0.6 is 0 Å². The van der Waals surface area contributed by atoms with E-state index in [1.165, 1.54) is 6.20 Å². The van der Waals surface area contributed by atoms with Gasteiger partial charge in [0.15, 0.2) is 0 Å². The average molecular weight is 446 g/mol. The Kier molecular flexibility index (Phi) is 5.68. The van der Waals surface area contributed by atoms with Crippen molar-refractivity contribution in [3.05, 3.63) is 60.3 Å². The molecule has 1 saturated heterocycles. The lowest BCUT2D eigenvalue weighted by atomic mass is 10.0. The number of nitrogens with one attached hydrogen (secondary N) is 2. The number of aromatic nitrogens is 4. The number of fused-ring (bicyclic) bond motifs is 1. The monoisotopic (exact) mass is 445 g/mol. The molecule has 33 heavy (non-hydrogen) atoms. The minimum Gasteiger partial charge on any atom is -0.368 e. The Balaban J connectivity index is 1.42. The molecule has 0 atom stereocenters. The first-order valence-corrected chi connectivity index (χ1v) is 11.3. The molecule has 3 aromatic heterocycles. The zero-order valence-corrected chi connectivity index (χ0v) is 19.1. The molecule has 0 spiro atoms. The maximum absolute atomic E-state index is 14.8. The van der Waals surface area contributed by atoms with Crippen LogP contribution in [0.15, 0.2) is 48.8 Å². The fourth-order valence-electron chi connectivity index (χ4n) is 4.50. The van der Waals surface area contributed by atoms with Crippen LogP contribution in [0.5, 0.6) is 0 Å². The number of halogens is 1. The molecule has 2 N–H and O–H groups in total. The molecule has 5 rings (SSSR count). The quantitative estimate of drug-likeness (QED) is 0.473. The van der Waals surface area contributed by atoms with E-state index in [4.69, 9.17) is 0 Å². The first-order valence-electron chi connectivity index (χ1n) is 11.3. The van der Waals surface area contributed by atoms with Crippen LogP contribution in [0, 0.1) is 5.82 Å². The van der Waals surface area contributed by atoms with Crippen molar-refractivity contribution >= 4 is 28.2 Å². The summed E-state index contributed by atoms with van der Waals surface area (Å²) in [7, 11) is 1.95. The van der Waals surface area contributed by atoms with Crippen LogP contribution in [0.4, 0.5) is 21.7 Å². The Hall–Kier alpha value is -3.52. The molecule has 170 valence electrons. The molecule has 8 heteroatoms. The van der Waals surface area contributed by atoms with Gasteiger partial charge in [0.25, 0.3) is 0 Å². The molecule has 1 aliphatic rings. The largest absolute Gasteiger partial charge is 0.368 e. The summed E-state index contributed by atoms with van der Waals surface area (Å²) in [5.74, 6) is 1.16. The number of hydrogen-bond acceptors (Lipinski definition) is 6. The van der Waals surface area contributed by atoms with E-state index >= 15 is 0 Å². The van der Waals surface area contributed by atoms with Crippen LogP contribution in [0.25, 0.3) is 22.0 Å². The molecule has 1 aliphatic heterocycles. The molecule has 4 aromatic rings. The van der Waals surface area contributed by atoms with Crippen molar-refractivity contribution in [3.8, 4) is 11.1 Å². The van der Waals surface area contributed by atoms with Gasteiger partial charge in [0, 0.05) is 49.9 Å². The van der Waals surface area contributed by atoms with E-state index in [1.54, 1.807) is 6.07 Å². The first-order chi connectivity index (χ1) is 16.0. The molecule has 0 radical (unpaired) electrons. The van der Waals surface area contributed by atoms with E-state index in [9.17, 15) is 4.39 Å². The number of piperazine rings is 1. The highest BCUT2D eigenvalue weighted by atomic mass is 19.1. The maximum Gasteiger partial charge on any atom is 0.149 e. The molecule has 0 bridgehead atoms. The van der Waals surface area contributed by atoms with Crippen LogP contribution in [-0.2, 0) is 7.05 Å². The van der Waals surface area contributed by atoms with Crippen LogP contribution in [0.2, 0.25) is 0 Å². The van der Waals surface area contributed by atoms with Crippen molar-refractivity contribution in [2.24, 2.45) is 7.05 Å². The topological polar surface area (TPSA) is 70.9 Å². The summed E-state index contributed by atoms with van der Waals surface area (Å²) < 4.78 is 16.7. The number of nitrogens with zero attached hydrogens (tertiary/aromatic N) is 5. The lowest BCUT2D eigenvalue weighted by molar-refractivity contribution is 0.589. The van der Waals surface area contributed by atoms with Crippen LogP contribution in [-0.4, -0.2) is 45.9 Å². The molecule has 0 saturated carbocycles. The van der Waals surface area contributed by atoms with E-state index in [-0.39, 0.29) is 5.82 Å². The summed E-state index contributed by atoms with van der Waals surface area (Å²) in [6.45, 7) is 8.17. The van der Waals surface area contributed by atoms with Gasteiger partial charge in [-0.2, -0.15) is 5.10 Å². The summed E-state index contributed by atoms with van der Waals surface area (Å²) in [4.78, 5) is 11.1. The van der Waals surface area contributed by atoms with Crippen molar-refractivity contribution < 1.29 is 4.39 Å². The summed E-state index contributed by atoms with van der Waals surface area (Å²) in [5, 5.41) is 12.2. The fraction of sp³-hybridized carbons (Fsp3) is 0.320. The van der Waals surface area contributed by atoms with Gasteiger partial charge in [-0.15, -0.1) is 0 Å². The third-order valence-electron chi connectivity index (χ3n) is 6.08. The molecule has 4 heterocycles. The highest BCUT2D eigenvalue weighted by molar-refractivity contribution is 5.87. The lowest BCUT2D eigenvalue weighted by Crippen LogP contribution is -2.43. The molecule has 1 aromatic carbocycles. The van der Waals surface area contributed by atoms with Gasteiger partial charge in [-0.25, -0.2) is 14.4 Å². The van der Waals surface area contributed by atoms with Gasteiger partial charge >= 0.3 is 0 Å². The van der Waals surface area contributed by atoms with E-state index in [1.807, 2.05) is 42.2 Å². The predicted octanol–water partition coefficient (Wildman–Crippen LogP) is 4.45. The van der Waals surface area contributed by atoms with Gasteiger partial charge in [0.05, 0.1) is 23.6 Å². The Bertz CT molecular complexity index is 1270. The fourth-order valence-corrected chi connectivity index (χ4v) is 4.50. The molecule has 0 aliphatic carbocycles. The second-order valence-electron chi connectivity index (χ2n) is 8.71. The normalized spacial score (nSPS) is 14.3. The Morgan fingerprint density at radius 3 is 2.52 bits per heavy atom. The van der Waals surface area contributed by atoms with Crippen molar-refractivity contribution in [1.29, 1.82) is 0 Å². The van der Waals surface area contributed by atoms with Crippen molar-refractivity contribution in [2.75, 3.05) is 36.4 Å². The number of anilines is 3. The highest BCUT2D eigenvalue weighted by Crippen LogP contribution is 2.32. The molecule has 0 amide bonds. The van der Waals surface area contributed by atoms with E-state index < -0.39 is 0 Å². The summed E-state index contributed by atoms with van der Waals surface area (Å²) in [5.41, 5.74) is 4.42. The second-order valence-corrected chi connectivity index (χ2v) is 8.71. The molecular formula is C25H28FN7. The van der Waals surface area contributed by atoms with Crippen molar-refractivity contribution in [2.45, 2.75) is 19.8 Å². The molecule has 0 unspecified atom stereocenters. The Labute approximate surface area is 192 Å². The third kappa shape index (κ3) is 4.26. The summed E-state index contributed by atoms with van der Waals surface area (Å²) >= 11 is 0. The lowest BCUT2D eigenvalue weighted by Gasteiger charge is -2.29. The van der Waals surface area contributed by atoms with Crippen LogP contribution in [0.3, 0.4) is 0 Å². The van der Waals surface area contributed by atoms with Gasteiger partial charge in [-0.1, -0.05) is 19.9 Å². The number of hydrogen-bond donors (Lipinski definition) is 2. The van der Waals surface area contributed by atoms with Crippen LogP contribution in [0.1, 0.15) is 25.5 Å². The summed E-state index contributed by atoms with van der Waals surface area (Å²) in [6.07, 6.45) is 3.12. The first kappa shape index (κ1) is 21.3. The summed E-state index contributed by atoms with van der Waals surface area (Å²) in [6, 6.07) is 11.6. The number of aryl methyl sites for hydroxylation is 1. The zero-order chi connectivity index (χ0) is 22.9. The second kappa shape index (κ2) is 8.78. The number of pyridine rings is 2. The van der Waals surface area contributed by atoms with Crippen molar-refractivity contribution in [1.82, 2.24) is 25.1 Å². The van der Waals surface area contributed by atoms with Gasteiger partial charge in [0.1, 0.15) is 17.5 Å². The van der Waals surface area contributed by atoms with E-state index in [0.29, 0.717) is 23.1 Å². The van der Waals surface area contributed by atoms with E-state index in [0.717, 1.165) is 54.0 Å². The number of benzene rings is 1.